The third-order valence-corrected chi connectivity index (χ3v) is 4.57. The molecule has 0 saturated carbocycles. The first-order valence-electron chi connectivity index (χ1n) is 6.47. The van der Waals surface area contributed by atoms with E-state index in [1.807, 2.05) is 20.8 Å². The van der Waals surface area contributed by atoms with Gasteiger partial charge in [0.1, 0.15) is 0 Å². The van der Waals surface area contributed by atoms with Gasteiger partial charge >= 0.3 is 0 Å². The van der Waals surface area contributed by atoms with Crippen molar-refractivity contribution in [3.05, 3.63) is 34.4 Å². The Labute approximate surface area is 124 Å². The standard InChI is InChI=1S/C13H20N2O5S/c1-13(2,3)12(16)8-9-14-21(19,20)11-7-5-4-6-10(11)15(17)18/h4-7,12,14,16H,8-9H2,1-3H3. The van der Waals surface area contributed by atoms with E-state index in [1.165, 1.54) is 18.2 Å². The van der Waals surface area contributed by atoms with Crippen LogP contribution in [-0.4, -0.2) is 31.1 Å². The summed E-state index contributed by atoms with van der Waals surface area (Å²) in [4.78, 5) is 9.74. The number of aliphatic hydroxyl groups is 1. The summed E-state index contributed by atoms with van der Waals surface area (Å²) < 4.78 is 26.5. The van der Waals surface area contributed by atoms with E-state index in [2.05, 4.69) is 4.72 Å². The number of para-hydroxylation sites is 1. The van der Waals surface area contributed by atoms with Gasteiger partial charge in [0.2, 0.25) is 10.0 Å². The SMILES string of the molecule is CC(C)(C)C(O)CCNS(=O)(=O)c1ccccc1[N+](=O)[O-]. The summed E-state index contributed by atoms with van der Waals surface area (Å²) in [5.74, 6) is 0. The van der Waals surface area contributed by atoms with Crippen LogP contribution in [0.15, 0.2) is 29.2 Å². The summed E-state index contributed by atoms with van der Waals surface area (Å²) >= 11 is 0. The molecule has 1 aromatic carbocycles. The van der Waals surface area contributed by atoms with Crippen LogP contribution in [0.2, 0.25) is 0 Å². The van der Waals surface area contributed by atoms with E-state index in [-0.39, 0.29) is 23.3 Å². The third-order valence-electron chi connectivity index (χ3n) is 3.06. The van der Waals surface area contributed by atoms with E-state index in [9.17, 15) is 23.6 Å². The second-order valence-corrected chi connectivity index (χ2v) is 7.53. The van der Waals surface area contributed by atoms with Crippen LogP contribution >= 0.6 is 0 Å². The Bertz CT molecular complexity index is 607. The molecule has 0 aliphatic carbocycles. The molecule has 1 unspecified atom stereocenters. The number of hydrogen-bond acceptors (Lipinski definition) is 5. The van der Waals surface area contributed by atoms with Crippen molar-refractivity contribution in [1.82, 2.24) is 4.72 Å². The molecule has 1 atom stereocenters. The highest BCUT2D eigenvalue weighted by atomic mass is 32.2. The summed E-state index contributed by atoms with van der Waals surface area (Å²) in [5.41, 5.74) is -0.828. The maximum absolute atomic E-state index is 12.1. The van der Waals surface area contributed by atoms with E-state index in [4.69, 9.17) is 0 Å². The molecule has 0 amide bonds. The Morgan fingerprint density at radius 1 is 1.33 bits per heavy atom. The quantitative estimate of drug-likeness (QED) is 0.613. The molecule has 1 rings (SSSR count). The van der Waals surface area contributed by atoms with E-state index < -0.39 is 26.7 Å². The lowest BCUT2D eigenvalue weighted by Crippen LogP contribution is -2.32. The monoisotopic (exact) mass is 316 g/mol. The van der Waals surface area contributed by atoms with E-state index in [0.717, 1.165) is 6.07 Å². The summed E-state index contributed by atoms with van der Waals surface area (Å²) in [6.07, 6.45) is -0.449. The van der Waals surface area contributed by atoms with Gasteiger partial charge < -0.3 is 5.11 Å². The Kier molecular flexibility index (Phi) is 5.43. The zero-order chi connectivity index (χ0) is 16.3. The van der Waals surface area contributed by atoms with Gasteiger partial charge in [0.05, 0.1) is 11.0 Å². The predicted octanol–water partition coefficient (Wildman–Crippen LogP) is 1.67. The van der Waals surface area contributed by atoms with E-state index >= 15 is 0 Å². The topological polar surface area (TPSA) is 110 Å². The molecule has 0 aliphatic heterocycles. The van der Waals surface area contributed by atoms with Crippen molar-refractivity contribution in [3.8, 4) is 0 Å². The lowest BCUT2D eigenvalue weighted by molar-refractivity contribution is -0.387. The number of nitrogens with one attached hydrogen (secondary N) is 1. The van der Waals surface area contributed by atoms with Crippen molar-refractivity contribution in [2.45, 2.75) is 38.2 Å². The van der Waals surface area contributed by atoms with Gasteiger partial charge in [0, 0.05) is 12.6 Å². The first-order chi connectivity index (χ1) is 9.55. The fraction of sp³-hybridized carbons (Fsp3) is 0.538. The van der Waals surface area contributed by atoms with Gasteiger partial charge in [-0.25, -0.2) is 13.1 Å². The molecule has 0 saturated heterocycles. The zero-order valence-electron chi connectivity index (χ0n) is 12.2. The smallest absolute Gasteiger partial charge is 0.289 e. The Morgan fingerprint density at radius 3 is 2.43 bits per heavy atom. The van der Waals surface area contributed by atoms with Crippen molar-refractivity contribution in [1.29, 1.82) is 0 Å². The van der Waals surface area contributed by atoms with Crippen LogP contribution in [0.25, 0.3) is 0 Å². The van der Waals surface area contributed by atoms with Gasteiger partial charge in [0.15, 0.2) is 4.90 Å². The van der Waals surface area contributed by atoms with Crippen LogP contribution in [0, 0.1) is 15.5 Å². The highest BCUT2D eigenvalue weighted by Gasteiger charge is 2.26. The average Bonchev–Trinajstić information content (AvgIpc) is 2.37. The molecular formula is C13H20N2O5S. The van der Waals surface area contributed by atoms with E-state index in [0.29, 0.717) is 0 Å². The lowest BCUT2D eigenvalue weighted by Gasteiger charge is -2.25. The van der Waals surface area contributed by atoms with Gasteiger partial charge in [-0.1, -0.05) is 32.9 Å². The summed E-state index contributed by atoms with van der Waals surface area (Å²) in [5, 5.41) is 20.7. The van der Waals surface area contributed by atoms with Crippen LogP contribution in [0.1, 0.15) is 27.2 Å². The summed E-state index contributed by atoms with van der Waals surface area (Å²) in [6.45, 7) is 5.53. The van der Waals surface area contributed by atoms with Gasteiger partial charge in [-0.15, -0.1) is 0 Å². The van der Waals surface area contributed by atoms with Gasteiger partial charge in [-0.2, -0.15) is 0 Å². The second kappa shape index (κ2) is 6.50. The van der Waals surface area contributed by atoms with Gasteiger partial charge in [-0.3, -0.25) is 10.1 Å². The Hall–Kier alpha value is -1.51. The van der Waals surface area contributed by atoms with Gasteiger partial charge in [0.25, 0.3) is 5.69 Å². The van der Waals surface area contributed by atoms with E-state index in [1.54, 1.807) is 0 Å². The van der Waals surface area contributed by atoms with Crippen LogP contribution in [0.4, 0.5) is 5.69 Å². The maximum Gasteiger partial charge on any atom is 0.289 e. The number of benzene rings is 1. The molecule has 118 valence electrons. The lowest BCUT2D eigenvalue weighted by atomic mass is 9.87. The van der Waals surface area contributed by atoms with Crippen molar-refractivity contribution >= 4 is 15.7 Å². The highest BCUT2D eigenvalue weighted by molar-refractivity contribution is 7.89. The largest absolute Gasteiger partial charge is 0.393 e. The molecule has 0 spiro atoms. The molecule has 0 bridgehead atoms. The summed E-state index contributed by atoms with van der Waals surface area (Å²) in [7, 11) is -3.98. The van der Waals surface area contributed by atoms with Crippen molar-refractivity contribution < 1.29 is 18.4 Å². The van der Waals surface area contributed by atoms with Crippen LogP contribution in [-0.2, 0) is 10.0 Å². The first-order valence-corrected chi connectivity index (χ1v) is 7.95. The number of rotatable bonds is 6. The van der Waals surface area contributed by atoms with Crippen LogP contribution < -0.4 is 4.72 Å². The molecule has 0 radical (unpaired) electrons. The van der Waals surface area contributed by atoms with Crippen molar-refractivity contribution in [2.75, 3.05) is 6.54 Å². The molecule has 8 heteroatoms. The Balaban J connectivity index is 2.82. The predicted molar refractivity (Wildman–Crippen MR) is 78.4 cm³/mol. The molecule has 0 heterocycles. The third kappa shape index (κ3) is 4.76. The van der Waals surface area contributed by atoms with Crippen molar-refractivity contribution in [3.63, 3.8) is 0 Å². The number of hydrogen-bond donors (Lipinski definition) is 2. The molecular weight excluding hydrogens is 296 g/mol. The zero-order valence-corrected chi connectivity index (χ0v) is 13.1. The van der Waals surface area contributed by atoms with Crippen molar-refractivity contribution in [2.24, 2.45) is 5.41 Å². The molecule has 2 N–H and O–H groups in total. The number of aliphatic hydroxyl groups excluding tert-OH is 1. The number of nitrogens with zero attached hydrogens (tertiary/aromatic N) is 1. The van der Waals surface area contributed by atoms with Crippen LogP contribution in [0.5, 0.6) is 0 Å². The molecule has 21 heavy (non-hydrogen) atoms. The second-order valence-electron chi connectivity index (χ2n) is 5.79. The highest BCUT2D eigenvalue weighted by Crippen LogP contribution is 2.24. The first kappa shape index (κ1) is 17.5. The molecule has 7 nitrogen and oxygen atoms in total. The number of sulfonamides is 1. The minimum Gasteiger partial charge on any atom is -0.393 e. The number of nitro groups is 1. The number of nitro benzene ring substituents is 1. The minimum absolute atomic E-state index is 0.00676. The normalized spacial score (nSPS) is 13.9. The maximum atomic E-state index is 12.1. The molecule has 0 aliphatic rings. The fourth-order valence-corrected chi connectivity index (χ4v) is 2.89. The molecule has 0 aromatic heterocycles. The molecule has 1 aromatic rings. The van der Waals surface area contributed by atoms with Crippen LogP contribution in [0.3, 0.4) is 0 Å². The average molecular weight is 316 g/mol. The molecule has 0 fully saturated rings. The Morgan fingerprint density at radius 2 is 1.90 bits per heavy atom. The summed E-state index contributed by atoms with van der Waals surface area (Å²) in [6, 6.07) is 5.14. The van der Waals surface area contributed by atoms with Gasteiger partial charge in [-0.05, 0) is 17.9 Å². The minimum atomic E-state index is -3.98. The fourth-order valence-electron chi connectivity index (χ4n) is 1.68.